The minimum absolute atomic E-state index is 0.490. The monoisotopic (exact) mass is 235 g/mol. The minimum Gasteiger partial charge on any atom is -0.299 e. The van der Waals surface area contributed by atoms with Gasteiger partial charge in [-0.25, -0.2) is 0 Å². The molecular formula is C14H21NS. The Kier molecular flexibility index (Phi) is 3.60. The molecule has 0 aromatic heterocycles. The second kappa shape index (κ2) is 4.80. The lowest BCUT2D eigenvalue weighted by atomic mass is 9.99. The summed E-state index contributed by atoms with van der Waals surface area (Å²) in [5.74, 6) is 1.27. The topological polar surface area (TPSA) is 12.0 Å². The van der Waals surface area contributed by atoms with E-state index in [2.05, 4.69) is 45.1 Å². The summed E-state index contributed by atoms with van der Waals surface area (Å²) in [6, 6.07) is 5.24. The van der Waals surface area contributed by atoms with Gasteiger partial charge in [0.25, 0.3) is 0 Å². The molecule has 1 aliphatic heterocycles. The fourth-order valence-electron chi connectivity index (χ4n) is 2.52. The summed E-state index contributed by atoms with van der Waals surface area (Å²) < 4.78 is 0. The predicted molar refractivity (Wildman–Crippen MR) is 73.1 cm³/mol. The van der Waals surface area contributed by atoms with Crippen molar-refractivity contribution in [1.29, 1.82) is 0 Å². The average molecular weight is 235 g/mol. The molecule has 0 spiro atoms. The summed E-state index contributed by atoms with van der Waals surface area (Å²) in [7, 11) is 0. The number of benzene rings is 1. The van der Waals surface area contributed by atoms with Crippen LogP contribution in [-0.4, -0.2) is 11.8 Å². The van der Waals surface area contributed by atoms with Gasteiger partial charge >= 0.3 is 0 Å². The lowest BCUT2D eigenvalue weighted by Gasteiger charge is -2.30. The van der Waals surface area contributed by atoms with Gasteiger partial charge in [-0.15, -0.1) is 11.8 Å². The molecule has 1 fully saturated rings. The summed E-state index contributed by atoms with van der Waals surface area (Å²) >= 11 is 2.04. The predicted octanol–water partition coefficient (Wildman–Crippen LogP) is 3.73. The Hall–Kier alpha value is -0.470. The first-order chi connectivity index (χ1) is 7.58. The molecule has 2 atom stereocenters. The van der Waals surface area contributed by atoms with Crippen LogP contribution in [0.15, 0.2) is 12.1 Å². The summed E-state index contributed by atoms with van der Waals surface area (Å²) in [5, 5.41) is 4.19. The molecule has 1 aromatic rings. The third kappa shape index (κ3) is 2.44. The standard InChI is InChI=1S/C14H21NS/c1-9-7-10(2)13(11(3)8-9)14-15-12(4)5-6-16-14/h7-8,12,14-15H,5-6H2,1-4H3. The van der Waals surface area contributed by atoms with Gasteiger partial charge in [-0.05, 0) is 56.6 Å². The largest absolute Gasteiger partial charge is 0.299 e. The average Bonchev–Trinajstić information content (AvgIpc) is 2.15. The van der Waals surface area contributed by atoms with E-state index in [4.69, 9.17) is 0 Å². The van der Waals surface area contributed by atoms with E-state index in [0.717, 1.165) is 0 Å². The van der Waals surface area contributed by atoms with E-state index in [0.29, 0.717) is 11.4 Å². The number of hydrogen-bond donors (Lipinski definition) is 1. The van der Waals surface area contributed by atoms with Crippen molar-refractivity contribution in [2.75, 3.05) is 5.75 Å². The first-order valence-corrected chi connectivity index (χ1v) is 7.08. The van der Waals surface area contributed by atoms with Gasteiger partial charge in [-0.3, -0.25) is 5.32 Å². The van der Waals surface area contributed by atoms with Crippen LogP contribution in [0.3, 0.4) is 0 Å². The van der Waals surface area contributed by atoms with E-state index in [1.165, 1.54) is 34.4 Å². The zero-order valence-electron chi connectivity index (χ0n) is 10.6. The zero-order chi connectivity index (χ0) is 11.7. The lowest BCUT2D eigenvalue weighted by Crippen LogP contribution is -2.34. The van der Waals surface area contributed by atoms with Crippen LogP contribution >= 0.6 is 11.8 Å². The lowest BCUT2D eigenvalue weighted by molar-refractivity contribution is 0.510. The van der Waals surface area contributed by atoms with Gasteiger partial charge in [0, 0.05) is 6.04 Å². The second-order valence-electron chi connectivity index (χ2n) is 4.92. The smallest absolute Gasteiger partial charge is 0.0796 e. The normalized spacial score (nSPS) is 25.8. The van der Waals surface area contributed by atoms with Crippen LogP contribution in [0.2, 0.25) is 0 Å². The van der Waals surface area contributed by atoms with Crippen molar-refractivity contribution in [2.45, 2.75) is 45.5 Å². The molecule has 1 N–H and O–H groups in total. The van der Waals surface area contributed by atoms with Crippen molar-refractivity contribution in [3.8, 4) is 0 Å². The Labute approximate surface area is 103 Å². The van der Waals surface area contributed by atoms with E-state index in [1.807, 2.05) is 11.8 Å². The molecule has 2 rings (SSSR count). The third-order valence-corrected chi connectivity index (χ3v) is 4.45. The molecule has 0 bridgehead atoms. The highest BCUT2D eigenvalue weighted by Crippen LogP contribution is 2.35. The molecular weight excluding hydrogens is 214 g/mol. The van der Waals surface area contributed by atoms with E-state index < -0.39 is 0 Å². The molecule has 1 aliphatic rings. The number of aryl methyl sites for hydroxylation is 3. The molecule has 16 heavy (non-hydrogen) atoms. The Morgan fingerprint density at radius 1 is 1.19 bits per heavy atom. The Morgan fingerprint density at radius 2 is 1.81 bits per heavy atom. The summed E-state index contributed by atoms with van der Waals surface area (Å²) in [6.07, 6.45) is 1.28. The van der Waals surface area contributed by atoms with E-state index >= 15 is 0 Å². The van der Waals surface area contributed by atoms with Crippen LogP contribution in [0, 0.1) is 20.8 Å². The molecule has 1 heterocycles. The highest BCUT2D eigenvalue weighted by molar-refractivity contribution is 7.99. The van der Waals surface area contributed by atoms with Gasteiger partial charge in [-0.2, -0.15) is 0 Å². The molecule has 1 nitrogen and oxygen atoms in total. The van der Waals surface area contributed by atoms with Crippen molar-refractivity contribution >= 4 is 11.8 Å². The van der Waals surface area contributed by atoms with Crippen molar-refractivity contribution in [3.05, 3.63) is 34.4 Å². The highest BCUT2D eigenvalue weighted by Gasteiger charge is 2.22. The second-order valence-corrected chi connectivity index (χ2v) is 6.13. The Bertz CT molecular complexity index is 363. The SMILES string of the molecule is Cc1cc(C)c(C2NC(C)CCS2)c(C)c1. The van der Waals surface area contributed by atoms with Crippen molar-refractivity contribution in [1.82, 2.24) is 5.32 Å². The molecule has 0 radical (unpaired) electrons. The first kappa shape index (κ1) is 12.0. The highest BCUT2D eigenvalue weighted by atomic mass is 32.2. The van der Waals surface area contributed by atoms with Gasteiger partial charge in [0.2, 0.25) is 0 Å². The van der Waals surface area contributed by atoms with Crippen LogP contribution in [0.5, 0.6) is 0 Å². The zero-order valence-corrected chi connectivity index (χ0v) is 11.4. The third-order valence-electron chi connectivity index (χ3n) is 3.27. The maximum absolute atomic E-state index is 3.70. The Balaban J connectivity index is 2.32. The molecule has 0 amide bonds. The molecule has 1 aromatic carbocycles. The van der Waals surface area contributed by atoms with Crippen LogP contribution in [0.4, 0.5) is 0 Å². The van der Waals surface area contributed by atoms with E-state index in [9.17, 15) is 0 Å². The van der Waals surface area contributed by atoms with Gasteiger partial charge in [0.05, 0.1) is 5.37 Å². The molecule has 88 valence electrons. The van der Waals surface area contributed by atoms with Crippen molar-refractivity contribution in [3.63, 3.8) is 0 Å². The van der Waals surface area contributed by atoms with Crippen LogP contribution < -0.4 is 5.32 Å². The number of rotatable bonds is 1. The molecule has 0 aliphatic carbocycles. The van der Waals surface area contributed by atoms with Crippen LogP contribution in [-0.2, 0) is 0 Å². The van der Waals surface area contributed by atoms with Crippen molar-refractivity contribution in [2.24, 2.45) is 0 Å². The van der Waals surface area contributed by atoms with Crippen LogP contribution in [0.25, 0.3) is 0 Å². The van der Waals surface area contributed by atoms with Gasteiger partial charge in [-0.1, -0.05) is 17.7 Å². The summed E-state index contributed by atoms with van der Waals surface area (Å²) in [5.41, 5.74) is 5.72. The van der Waals surface area contributed by atoms with Crippen molar-refractivity contribution < 1.29 is 0 Å². The molecule has 0 saturated carbocycles. The molecule has 2 unspecified atom stereocenters. The van der Waals surface area contributed by atoms with Crippen LogP contribution in [0.1, 0.15) is 41.0 Å². The van der Waals surface area contributed by atoms with Gasteiger partial charge in [0.1, 0.15) is 0 Å². The van der Waals surface area contributed by atoms with E-state index in [1.54, 1.807) is 0 Å². The summed E-state index contributed by atoms with van der Waals surface area (Å²) in [6.45, 7) is 8.92. The fraction of sp³-hybridized carbons (Fsp3) is 0.571. The number of nitrogens with one attached hydrogen (secondary N) is 1. The summed E-state index contributed by atoms with van der Waals surface area (Å²) in [4.78, 5) is 0. The Morgan fingerprint density at radius 3 is 2.38 bits per heavy atom. The molecule has 2 heteroatoms. The van der Waals surface area contributed by atoms with Gasteiger partial charge < -0.3 is 0 Å². The molecule has 1 saturated heterocycles. The quantitative estimate of drug-likeness (QED) is 0.796. The fourth-order valence-corrected chi connectivity index (χ4v) is 4.12. The number of thioether (sulfide) groups is 1. The maximum Gasteiger partial charge on any atom is 0.0796 e. The minimum atomic E-state index is 0.490. The maximum atomic E-state index is 3.70. The van der Waals surface area contributed by atoms with Gasteiger partial charge in [0.15, 0.2) is 0 Å². The first-order valence-electron chi connectivity index (χ1n) is 6.03. The van der Waals surface area contributed by atoms with E-state index in [-0.39, 0.29) is 0 Å². The number of hydrogen-bond acceptors (Lipinski definition) is 2.